The molecule has 0 aliphatic carbocycles. The summed E-state index contributed by atoms with van der Waals surface area (Å²) in [7, 11) is -0.337. The van der Waals surface area contributed by atoms with Crippen LogP contribution in [0.25, 0.3) is 0 Å². The molecular weight excluding hydrogens is 134 g/mol. The number of nitrogens with two attached hydrogens (primary N) is 1. The van der Waals surface area contributed by atoms with Crippen molar-refractivity contribution < 1.29 is 0 Å². The topological polar surface area (TPSA) is 26.0 Å². The van der Waals surface area contributed by atoms with E-state index in [9.17, 15) is 0 Å². The first-order valence-corrected chi connectivity index (χ1v) is 5.46. The van der Waals surface area contributed by atoms with Crippen molar-refractivity contribution in [2.75, 3.05) is 12.3 Å². The van der Waals surface area contributed by atoms with Crippen LogP contribution in [0.3, 0.4) is 0 Å². The second-order valence-electron chi connectivity index (χ2n) is 0.885. The predicted molar refractivity (Wildman–Crippen MR) is 40.9 cm³/mol. The average Bonchev–Trinajstić information content (AvgIpc) is 1.35. The lowest BCUT2D eigenvalue weighted by molar-refractivity contribution is 1.15. The minimum absolute atomic E-state index is 0.337. The highest BCUT2D eigenvalue weighted by Crippen LogP contribution is 2.32. The number of thiol groups is 3. The molecule has 6 heavy (non-hydrogen) atoms. The SMILES string of the molecule is NCC[SH](S)S. The maximum Gasteiger partial charge on any atom is 0.00395 e. The van der Waals surface area contributed by atoms with Crippen LogP contribution in [0, 0.1) is 0 Å². The van der Waals surface area contributed by atoms with Crippen LogP contribution in [-0.2, 0) is 0 Å². The molecule has 0 aromatic heterocycles. The lowest BCUT2D eigenvalue weighted by Gasteiger charge is -2.00. The summed E-state index contributed by atoms with van der Waals surface area (Å²) in [5, 5.41) is 0. The third kappa shape index (κ3) is 5.01. The summed E-state index contributed by atoms with van der Waals surface area (Å²) in [5.74, 6) is 0.946. The van der Waals surface area contributed by atoms with Crippen LogP contribution in [0.5, 0.6) is 0 Å². The molecule has 0 saturated carbocycles. The fourth-order valence-electron chi connectivity index (χ4n) is 0.115. The number of hydrogen-bond acceptors (Lipinski definition) is 3. The summed E-state index contributed by atoms with van der Waals surface area (Å²) in [6.07, 6.45) is 0. The van der Waals surface area contributed by atoms with Gasteiger partial charge in [-0.2, -0.15) is 8.96 Å². The molecule has 0 amide bonds. The summed E-state index contributed by atoms with van der Waals surface area (Å²) in [6, 6.07) is 0. The second-order valence-corrected chi connectivity index (χ2v) is 5.92. The second kappa shape index (κ2) is 4.18. The lowest BCUT2D eigenvalue weighted by atomic mass is 10.8. The summed E-state index contributed by atoms with van der Waals surface area (Å²) in [4.78, 5) is 0. The molecule has 2 N–H and O–H groups in total. The van der Waals surface area contributed by atoms with Crippen LogP contribution < -0.4 is 5.73 Å². The monoisotopic (exact) mass is 143 g/mol. The minimum atomic E-state index is -0.337. The smallest absolute Gasteiger partial charge is 0.00395 e. The molecule has 0 unspecified atom stereocenters. The van der Waals surface area contributed by atoms with Crippen LogP contribution >= 0.6 is 32.3 Å². The van der Waals surface area contributed by atoms with Gasteiger partial charge in [-0.15, -0.1) is 23.3 Å². The molecule has 0 radical (unpaired) electrons. The van der Waals surface area contributed by atoms with E-state index in [-0.39, 0.29) is 8.96 Å². The molecule has 4 heteroatoms. The summed E-state index contributed by atoms with van der Waals surface area (Å²) >= 11 is 8.05. The molecule has 0 aromatic carbocycles. The van der Waals surface area contributed by atoms with Gasteiger partial charge in [0, 0.05) is 12.3 Å². The van der Waals surface area contributed by atoms with Gasteiger partial charge in [0.15, 0.2) is 0 Å². The highest BCUT2D eigenvalue weighted by molar-refractivity contribution is 9.09. The first-order chi connectivity index (χ1) is 2.77. The number of hydrogen-bond donors (Lipinski definition) is 4. The van der Waals surface area contributed by atoms with Crippen molar-refractivity contribution in [2.24, 2.45) is 5.73 Å². The zero-order valence-corrected chi connectivity index (χ0v) is 6.02. The van der Waals surface area contributed by atoms with E-state index in [2.05, 4.69) is 23.3 Å². The third-order valence-electron chi connectivity index (χ3n) is 0.329. The Labute approximate surface area is 50.6 Å². The Kier molecular flexibility index (Phi) is 4.88. The summed E-state index contributed by atoms with van der Waals surface area (Å²) in [6.45, 7) is 0.707. The van der Waals surface area contributed by atoms with Crippen LogP contribution in [0.15, 0.2) is 0 Å². The van der Waals surface area contributed by atoms with E-state index in [1.165, 1.54) is 0 Å². The zero-order chi connectivity index (χ0) is 4.99. The molecule has 40 valence electrons. The first-order valence-electron chi connectivity index (χ1n) is 1.62. The Morgan fingerprint density at radius 1 is 1.50 bits per heavy atom. The standard InChI is InChI=1S/C2H9NS3/c3-1-2-6(4)5/h4-6H,1-3H2. The summed E-state index contributed by atoms with van der Waals surface area (Å²) in [5.41, 5.74) is 5.15. The maximum atomic E-state index is 5.15. The Morgan fingerprint density at radius 3 is 2.00 bits per heavy atom. The van der Waals surface area contributed by atoms with E-state index in [0.717, 1.165) is 5.75 Å². The molecule has 0 fully saturated rings. The largest absolute Gasteiger partial charge is 0.330 e. The molecule has 0 bridgehead atoms. The highest BCUT2D eigenvalue weighted by atomic mass is 33.5. The van der Waals surface area contributed by atoms with Gasteiger partial charge in [0.2, 0.25) is 0 Å². The van der Waals surface area contributed by atoms with Crippen molar-refractivity contribution in [1.29, 1.82) is 0 Å². The van der Waals surface area contributed by atoms with Gasteiger partial charge in [-0.1, -0.05) is 0 Å². The Hall–Kier alpha value is 1.01. The molecule has 0 aromatic rings. The molecule has 0 aliphatic rings. The Morgan fingerprint density at radius 2 is 2.00 bits per heavy atom. The fourth-order valence-corrected chi connectivity index (χ4v) is 1.04. The van der Waals surface area contributed by atoms with E-state index in [1.54, 1.807) is 0 Å². The van der Waals surface area contributed by atoms with Crippen LogP contribution in [0.4, 0.5) is 0 Å². The van der Waals surface area contributed by atoms with Gasteiger partial charge >= 0.3 is 0 Å². The van der Waals surface area contributed by atoms with Gasteiger partial charge in [0.05, 0.1) is 0 Å². The maximum absolute atomic E-state index is 5.15. The molecule has 0 saturated heterocycles. The normalized spacial score (nSPS) is 11.5. The van der Waals surface area contributed by atoms with Crippen molar-refractivity contribution in [1.82, 2.24) is 0 Å². The molecule has 0 rings (SSSR count). The van der Waals surface area contributed by atoms with Crippen molar-refractivity contribution in [3.8, 4) is 0 Å². The van der Waals surface area contributed by atoms with E-state index < -0.39 is 0 Å². The van der Waals surface area contributed by atoms with Crippen LogP contribution in [-0.4, -0.2) is 12.3 Å². The number of rotatable bonds is 2. The predicted octanol–water partition coefficient (Wildman–Crippen LogP) is 0.636. The van der Waals surface area contributed by atoms with Crippen molar-refractivity contribution in [3.63, 3.8) is 0 Å². The van der Waals surface area contributed by atoms with E-state index in [4.69, 9.17) is 5.73 Å². The van der Waals surface area contributed by atoms with E-state index >= 15 is 0 Å². The molecule has 0 heterocycles. The molecule has 1 nitrogen and oxygen atoms in total. The quantitative estimate of drug-likeness (QED) is 0.331. The zero-order valence-electron chi connectivity index (χ0n) is 3.33. The fraction of sp³-hybridized carbons (Fsp3) is 1.00. The van der Waals surface area contributed by atoms with E-state index in [1.807, 2.05) is 0 Å². The first kappa shape index (κ1) is 7.01. The van der Waals surface area contributed by atoms with Gasteiger partial charge in [-0.3, -0.25) is 0 Å². The lowest BCUT2D eigenvalue weighted by Crippen LogP contribution is -2.00. The van der Waals surface area contributed by atoms with Gasteiger partial charge in [0.1, 0.15) is 0 Å². The highest BCUT2D eigenvalue weighted by Gasteiger charge is 1.81. The summed E-state index contributed by atoms with van der Waals surface area (Å²) < 4.78 is 0. The van der Waals surface area contributed by atoms with Gasteiger partial charge < -0.3 is 5.73 Å². The third-order valence-corrected chi connectivity index (χ3v) is 2.19. The Bertz CT molecular complexity index is 30.0. The van der Waals surface area contributed by atoms with E-state index in [0.29, 0.717) is 6.54 Å². The molecule has 0 spiro atoms. The van der Waals surface area contributed by atoms with Crippen molar-refractivity contribution in [3.05, 3.63) is 0 Å². The van der Waals surface area contributed by atoms with Crippen LogP contribution in [0.2, 0.25) is 0 Å². The molecule has 0 aliphatic heterocycles. The molecule has 0 atom stereocenters. The average molecular weight is 143 g/mol. The minimum Gasteiger partial charge on any atom is -0.330 e. The van der Waals surface area contributed by atoms with Gasteiger partial charge in [0.25, 0.3) is 0 Å². The van der Waals surface area contributed by atoms with Gasteiger partial charge in [-0.05, 0) is 0 Å². The Balaban J connectivity index is 2.63. The van der Waals surface area contributed by atoms with Gasteiger partial charge in [-0.25, -0.2) is 0 Å². The molecular formula is C2H9NS3. The van der Waals surface area contributed by atoms with Crippen molar-refractivity contribution in [2.45, 2.75) is 0 Å². The van der Waals surface area contributed by atoms with Crippen molar-refractivity contribution >= 4 is 32.3 Å². The van der Waals surface area contributed by atoms with Crippen LogP contribution in [0.1, 0.15) is 0 Å².